The Hall–Kier alpha value is -0.330. The van der Waals surface area contributed by atoms with Gasteiger partial charge in [-0.15, -0.1) is 0 Å². The van der Waals surface area contributed by atoms with Gasteiger partial charge in [0.05, 0.1) is 0 Å². The molecule has 0 heterocycles. The molecule has 3 nitrogen and oxygen atoms in total. The smallest absolute Gasteiger partial charge is 0.251 e. The molecule has 1 unspecified atom stereocenters. The van der Waals surface area contributed by atoms with Crippen LogP contribution in [0.2, 0.25) is 0 Å². The van der Waals surface area contributed by atoms with E-state index in [0.29, 0.717) is 5.56 Å². The van der Waals surface area contributed by atoms with Crippen LogP contribution in [0.1, 0.15) is 31.1 Å². The average Bonchev–Trinajstić information content (AvgIpc) is 2.21. The van der Waals surface area contributed by atoms with Gasteiger partial charge in [-0.25, -0.2) is 0 Å². The van der Waals surface area contributed by atoms with Crippen LogP contribution in [0, 0.1) is 0 Å². The first-order valence-electron chi connectivity index (χ1n) is 5.61. The molecule has 1 N–H and O–H groups in total. The number of ketones is 1. The van der Waals surface area contributed by atoms with Crippen molar-refractivity contribution in [3.05, 3.63) is 32.7 Å². The SMILES string of the molecule is CC(=O)C(NC(=O)c1cc(Br)cc(Br)c1)C(C)(C)S. The Balaban J connectivity index is 2.97. The Morgan fingerprint density at radius 3 is 2.05 bits per heavy atom. The summed E-state index contributed by atoms with van der Waals surface area (Å²) in [5, 5.41) is 2.72. The van der Waals surface area contributed by atoms with Crippen molar-refractivity contribution in [1.29, 1.82) is 0 Å². The minimum absolute atomic E-state index is 0.123. The predicted molar refractivity (Wildman–Crippen MR) is 86.8 cm³/mol. The number of hydrogen-bond donors (Lipinski definition) is 2. The molecule has 1 rings (SSSR count). The molecule has 104 valence electrons. The van der Waals surface area contributed by atoms with Crippen LogP contribution in [0.5, 0.6) is 0 Å². The second-order valence-corrected chi connectivity index (χ2v) is 7.81. The number of carbonyl (C=O) groups is 2. The lowest BCUT2D eigenvalue weighted by Crippen LogP contribution is -2.50. The maximum atomic E-state index is 12.2. The lowest BCUT2D eigenvalue weighted by Gasteiger charge is -2.28. The molecule has 0 aliphatic heterocycles. The van der Waals surface area contributed by atoms with Crippen LogP contribution in [0.15, 0.2) is 27.1 Å². The molecule has 0 saturated carbocycles. The molecule has 1 aromatic carbocycles. The molecule has 0 aliphatic rings. The van der Waals surface area contributed by atoms with Gasteiger partial charge >= 0.3 is 0 Å². The van der Waals surface area contributed by atoms with E-state index in [1.165, 1.54) is 6.92 Å². The Bertz CT molecular complexity index is 492. The molecular formula is C13H15Br2NO2S. The van der Waals surface area contributed by atoms with Crippen LogP contribution >= 0.6 is 44.5 Å². The minimum atomic E-state index is -0.638. The molecule has 6 heteroatoms. The number of Topliss-reactive ketones (excluding diaryl/α,β-unsaturated/α-hetero) is 1. The molecule has 1 aromatic rings. The zero-order chi connectivity index (χ0) is 14.8. The molecule has 1 atom stereocenters. The van der Waals surface area contributed by atoms with E-state index in [1.807, 2.05) is 6.07 Å². The van der Waals surface area contributed by atoms with Crippen LogP contribution < -0.4 is 5.32 Å². The summed E-state index contributed by atoms with van der Waals surface area (Å²) in [4.78, 5) is 23.8. The fourth-order valence-electron chi connectivity index (χ4n) is 1.68. The molecule has 0 saturated heterocycles. The fourth-order valence-corrected chi connectivity index (χ4v) is 3.22. The van der Waals surface area contributed by atoms with Gasteiger partial charge in [-0.2, -0.15) is 12.6 Å². The monoisotopic (exact) mass is 407 g/mol. The van der Waals surface area contributed by atoms with Gasteiger partial charge < -0.3 is 5.32 Å². The van der Waals surface area contributed by atoms with E-state index in [0.717, 1.165) is 8.95 Å². The third kappa shape index (κ3) is 4.93. The summed E-state index contributed by atoms with van der Waals surface area (Å²) in [5.41, 5.74) is 0.477. The third-order valence-corrected chi connectivity index (χ3v) is 3.69. The van der Waals surface area contributed by atoms with Gasteiger partial charge in [-0.05, 0) is 39.0 Å². The highest BCUT2D eigenvalue weighted by molar-refractivity contribution is 9.11. The van der Waals surface area contributed by atoms with E-state index in [-0.39, 0.29) is 11.7 Å². The van der Waals surface area contributed by atoms with Crippen LogP contribution in [0.4, 0.5) is 0 Å². The van der Waals surface area contributed by atoms with Gasteiger partial charge in [0, 0.05) is 19.3 Å². The zero-order valence-corrected chi connectivity index (χ0v) is 14.9. The number of rotatable bonds is 4. The Morgan fingerprint density at radius 1 is 1.21 bits per heavy atom. The molecule has 0 aliphatic carbocycles. The summed E-state index contributed by atoms with van der Waals surface area (Å²) in [5.74, 6) is -0.424. The molecule has 0 aromatic heterocycles. The molecule has 0 radical (unpaired) electrons. The van der Waals surface area contributed by atoms with Crippen molar-refractivity contribution in [3.8, 4) is 0 Å². The van der Waals surface area contributed by atoms with E-state index in [9.17, 15) is 9.59 Å². The van der Waals surface area contributed by atoms with E-state index in [2.05, 4.69) is 49.8 Å². The average molecular weight is 409 g/mol. The minimum Gasteiger partial charge on any atom is -0.341 e. The van der Waals surface area contributed by atoms with Gasteiger partial charge in [0.15, 0.2) is 5.78 Å². The molecular weight excluding hydrogens is 394 g/mol. The van der Waals surface area contributed by atoms with E-state index < -0.39 is 10.8 Å². The van der Waals surface area contributed by atoms with Crippen molar-refractivity contribution in [2.75, 3.05) is 0 Å². The summed E-state index contributed by atoms with van der Waals surface area (Å²) in [7, 11) is 0. The predicted octanol–water partition coefficient (Wildman–Crippen LogP) is 3.61. The van der Waals surface area contributed by atoms with Gasteiger partial charge in [0.2, 0.25) is 0 Å². The van der Waals surface area contributed by atoms with E-state index in [1.54, 1.807) is 26.0 Å². The third-order valence-electron chi connectivity index (χ3n) is 2.51. The number of thiol groups is 1. The van der Waals surface area contributed by atoms with E-state index in [4.69, 9.17) is 0 Å². The van der Waals surface area contributed by atoms with E-state index >= 15 is 0 Å². The van der Waals surface area contributed by atoms with Crippen molar-refractivity contribution >= 4 is 56.2 Å². The number of amides is 1. The zero-order valence-electron chi connectivity index (χ0n) is 10.8. The van der Waals surface area contributed by atoms with Crippen LogP contribution in [-0.2, 0) is 4.79 Å². The maximum Gasteiger partial charge on any atom is 0.251 e. The topological polar surface area (TPSA) is 46.2 Å². The van der Waals surface area contributed by atoms with Gasteiger partial charge in [0.25, 0.3) is 5.91 Å². The Kier molecular flexibility index (Phi) is 5.65. The summed E-state index contributed by atoms with van der Waals surface area (Å²) < 4.78 is 0.957. The Labute approximate surface area is 135 Å². The van der Waals surface area contributed by atoms with Crippen molar-refractivity contribution in [3.63, 3.8) is 0 Å². The largest absolute Gasteiger partial charge is 0.341 e. The summed E-state index contributed by atoms with van der Waals surface area (Å²) in [6, 6.07) is 4.59. The number of benzene rings is 1. The first kappa shape index (κ1) is 16.7. The Morgan fingerprint density at radius 2 is 1.68 bits per heavy atom. The highest BCUT2D eigenvalue weighted by atomic mass is 79.9. The number of carbonyl (C=O) groups excluding carboxylic acids is 2. The molecule has 0 fully saturated rings. The lowest BCUT2D eigenvalue weighted by molar-refractivity contribution is -0.119. The summed E-state index contributed by atoms with van der Waals surface area (Å²) >= 11 is 11.0. The first-order valence-corrected chi connectivity index (χ1v) is 7.64. The summed E-state index contributed by atoms with van der Waals surface area (Å²) in [6.07, 6.45) is 0. The molecule has 0 bridgehead atoms. The maximum absolute atomic E-state index is 12.2. The number of hydrogen-bond acceptors (Lipinski definition) is 3. The van der Waals surface area contributed by atoms with Crippen LogP contribution in [0.3, 0.4) is 0 Å². The van der Waals surface area contributed by atoms with Crippen molar-refractivity contribution in [1.82, 2.24) is 5.32 Å². The van der Waals surface area contributed by atoms with Crippen molar-refractivity contribution in [2.24, 2.45) is 0 Å². The highest BCUT2D eigenvalue weighted by Crippen LogP contribution is 2.22. The highest BCUT2D eigenvalue weighted by Gasteiger charge is 2.31. The van der Waals surface area contributed by atoms with Crippen LogP contribution in [-0.4, -0.2) is 22.5 Å². The second-order valence-electron chi connectivity index (χ2n) is 4.83. The summed E-state index contributed by atoms with van der Waals surface area (Å²) in [6.45, 7) is 5.03. The molecule has 19 heavy (non-hydrogen) atoms. The quantitative estimate of drug-likeness (QED) is 0.747. The fraction of sp³-hybridized carbons (Fsp3) is 0.385. The standard InChI is InChI=1S/C13H15Br2NO2S/c1-7(17)11(13(2,3)19)16-12(18)8-4-9(14)6-10(15)5-8/h4-6,11,19H,1-3H3,(H,16,18). The van der Waals surface area contributed by atoms with Crippen molar-refractivity contribution in [2.45, 2.75) is 31.6 Å². The first-order chi connectivity index (χ1) is 8.61. The molecule has 0 spiro atoms. The second kappa shape index (κ2) is 6.41. The number of halogens is 2. The van der Waals surface area contributed by atoms with Gasteiger partial charge in [0.1, 0.15) is 6.04 Å². The van der Waals surface area contributed by atoms with Crippen molar-refractivity contribution < 1.29 is 9.59 Å². The number of nitrogens with one attached hydrogen (secondary N) is 1. The molecule has 1 amide bonds. The normalized spacial score (nSPS) is 12.9. The van der Waals surface area contributed by atoms with Crippen LogP contribution in [0.25, 0.3) is 0 Å². The van der Waals surface area contributed by atoms with Gasteiger partial charge in [-0.1, -0.05) is 31.9 Å². The van der Waals surface area contributed by atoms with Gasteiger partial charge in [-0.3, -0.25) is 9.59 Å². The lowest BCUT2D eigenvalue weighted by atomic mass is 9.99.